The van der Waals surface area contributed by atoms with Crippen LogP contribution in [0.1, 0.15) is 32.8 Å². The Hall–Kier alpha value is -4.17. The molecule has 232 valence electrons. The molecule has 0 heterocycles. The van der Waals surface area contributed by atoms with Crippen molar-refractivity contribution in [3.63, 3.8) is 0 Å². The molecule has 4 aromatic rings. The topological polar surface area (TPSA) is 64.6 Å². The lowest BCUT2D eigenvalue weighted by molar-refractivity contribution is -0.154. The van der Waals surface area contributed by atoms with Crippen LogP contribution in [0.2, 0.25) is 0 Å². The van der Waals surface area contributed by atoms with Crippen LogP contribution in [0, 0.1) is 0 Å². The highest BCUT2D eigenvalue weighted by Crippen LogP contribution is 2.60. The second kappa shape index (κ2) is 15.5. The Morgan fingerprint density at radius 2 is 1.07 bits per heavy atom. The van der Waals surface area contributed by atoms with E-state index in [4.69, 9.17) is 9.47 Å². The zero-order chi connectivity index (χ0) is 32.2. The maximum atomic E-state index is 13.4. The van der Waals surface area contributed by atoms with Gasteiger partial charge >= 0.3 is 19.3 Å². The molecule has 0 aliphatic rings. The Kier molecular flexibility index (Phi) is 12.1. The SMILES string of the molecule is CC(C)(C)OC(=O)C[C@@H](NC(=O)OCc1ccccc1)[P+](c1ccccc1)(c1ccccc1)c1ccccc1.F[B-](F)(F)F. The van der Waals surface area contributed by atoms with Gasteiger partial charge in [-0.3, -0.25) is 10.1 Å². The summed E-state index contributed by atoms with van der Waals surface area (Å²) in [6, 6.07) is 39.9. The van der Waals surface area contributed by atoms with Crippen molar-refractivity contribution in [2.75, 3.05) is 0 Å². The molecular weight excluding hydrogens is 592 g/mol. The van der Waals surface area contributed by atoms with Gasteiger partial charge < -0.3 is 26.7 Å². The van der Waals surface area contributed by atoms with Gasteiger partial charge in [0.25, 0.3) is 0 Å². The van der Waals surface area contributed by atoms with E-state index in [1.54, 1.807) is 0 Å². The zero-order valence-corrected chi connectivity index (χ0v) is 25.6. The Bertz CT molecular complexity index is 1350. The number of rotatable bonds is 9. The number of halogens is 4. The maximum absolute atomic E-state index is 13.4. The van der Waals surface area contributed by atoms with Gasteiger partial charge in [0.05, 0.1) is 0 Å². The molecule has 0 unspecified atom stereocenters. The molecule has 44 heavy (non-hydrogen) atoms. The summed E-state index contributed by atoms with van der Waals surface area (Å²) in [6.07, 6.45) is -0.607. The average Bonchev–Trinajstić information content (AvgIpc) is 2.97. The van der Waals surface area contributed by atoms with Crippen molar-refractivity contribution in [2.24, 2.45) is 0 Å². The molecule has 0 saturated heterocycles. The number of hydrogen-bond donors (Lipinski definition) is 1. The lowest BCUT2D eigenvalue weighted by atomic mass is 10.2. The van der Waals surface area contributed by atoms with Crippen molar-refractivity contribution < 1.29 is 36.3 Å². The zero-order valence-electron chi connectivity index (χ0n) is 24.7. The van der Waals surface area contributed by atoms with Crippen LogP contribution in [-0.2, 0) is 20.9 Å². The molecule has 5 nitrogen and oxygen atoms in total. The molecule has 0 bridgehead atoms. The highest BCUT2D eigenvalue weighted by atomic mass is 31.2. The van der Waals surface area contributed by atoms with Crippen LogP contribution < -0.4 is 21.2 Å². The summed E-state index contributed by atoms with van der Waals surface area (Å²) < 4.78 is 50.4. The van der Waals surface area contributed by atoms with Crippen LogP contribution in [0.4, 0.5) is 22.1 Å². The normalized spacial score (nSPS) is 12.2. The summed E-state index contributed by atoms with van der Waals surface area (Å²) in [5.74, 6) is -1.01. The minimum atomic E-state index is -6.00. The number of nitrogens with one attached hydrogen (secondary N) is 1. The summed E-state index contributed by atoms with van der Waals surface area (Å²) >= 11 is 0. The van der Waals surface area contributed by atoms with Gasteiger partial charge in [0, 0.05) is 0 Å². The number of alkyl carbamates (subject to hydrolysis) is 1. The molecule has 1 N–H and O–H groups in total. The van der Waals surface area contributed by atoms with Crippen LogP contribution >= 0.6 is 7.26 Å². The first-order valence-corrected chi connectivity index (χ1v) is 15.8. The Morgan fingerprint density at radius 3 is 1.43 bits per heavy atom. The van der Waals surface area contributed by atoms with E-state index in [2.05, 4.69) is 41.7 Å². The number of ether oxygens (including phenoxy) is 2. The maximum Gasteiger partial charge on any atom is 0.673 e. The smallest absolute Gasteiger partial charge is 0.460 e. The Balaban J connectivity index is 0.000000978. The molecule has 4 aromatic carbocycles. The summed E-state index contributed by atoms with van der Waals surface area (Å²) in [5, 5.41) is 6.25. The number of amides is 1. The van der Waals surface area contributed by atoms with Crippen LogP contribution in [0.15, 0.2) is 121 Å². The molecule has 0 aliphatic carbocycles. The van der Waals surface area contributed by atoms with E-state index in [-0.39, 0.29) is 19.0 Å². The summed E-state index contributed by atoms with van der Waals surface area (Å²) in [7, 11) is -8.65. The fraction of sp³-hybridized carbons (Fsp3) is 0.212. The third-order valence-corrected chi connectivity index (χ3v) is 10.8. The van der Waals surface area contributed by atoms with Gasteiger partial charge in [-0.15, -0.1) is 0 Å². The van der Waals surface area contributed by atoms with Gasteiger partial charge in [0.15, 0.2) is 5.78 Å². The van der Waals surface area contributed by atoms with Crippen LogP contribution in [0.5, 0.6) is 0 Å². The van der Waals surface area contributed by atoms with Crippen LogP contribution in [-0.4, -0.2) is 30.7 Å². The predicted molar refractivity (Wildman–Crippen MR) is 169 cm³/mol. The first-order valence-electron chi connectivity index (χ1n) is 13.9. The van der Waals surface area contributed by atoms with E-state index in [0.29, 0.717) is 0 Å². The van der Waals surface area contributed by atoms with Crippen molar-refractivity contribution in [2.45, 2.75) is 45.2 Å². The van der Waals surface area contributed by atoms with Gasteiger partial charge in [0.2, 0.25) is 0 Å². The number of carbonyl (C=O) groups excluding carboxylic acids is 2. The Morgan fingerprint density at radius 1 is 0.705 bits per heavy atom. The monoisotopic (exact) mass is 627 g/mol. The Labute approximate surface area is 256 Å². The third-order valence-electron chi connectivity index (χ3n) is 6.24. The molecular formula is C33H35BF4NO4P. The van der Waals surface area contributed by atoms with E-state index in [0.717, 1.165) is 21.5 Å². The predicted octanol–water partition coefficient (Wildman–Crippen LogP) is 7.26. The molecule has 0 fully saturated rings. The molecule has 11 heteroatoms. The summed E-state index contributed by atoms with van der Waals surface area (Å²) in [4.78, 5) is 26.7. The van der Waals surface area contributed by atoms with Gasteiger partial charge in [-0.05, 0) is 62.7 Å². The quantitative estimate of drug-likeness (QED) is 0.0919. The van der Waals surface area contributed by atoms with Crippen molar-refractivity contribution in [3.05, 3.63) is 127 Å². The highest BCUT2D eigenvalue weighted by Gasteiger charge is 2.54. The van der Waals surface area contributed by atoms with Crippen LogP contribution in [0.25, 0.3) is 0 Å². The average molecular weight is 627 g/mol. The molecule has 0 aromatic heterocycles. The van der Waals surface area contributed by atoms with Gasteiger partial charge in [-0.25, -0.2) is 4.79 Å². The van der Waals surface area contributed by atoms with E-state index < -0.39 is 32.0 Å². The van der Waals surface area contributed by atoms with Gasteiger partial charge in [0.1, 0.15) is 41.8 Å². The van der Waals surface area contributed by atoms with Gasteiger partial charge in [-0.1, -0.05) is 84.9 Å². The third kappa shape index (κ3) is 10.5. The van der Waals surface area contributed by atoms with Crippen LogP contribution in [0.3, 0.4) is 0 Å². The molecule has 4 rings (SSSR count). The minimum Gasteiger partial charge on any atom is -0.460 e. The molecule has 0 spiro atoms. The van der Waals surface area contributed by atoms with Crippen molar-refractivity contribution >= 4 is 42.5 Å². The fourth-order valence-electron chi connectivity index (χ4n) is 4.70. The van der Waals surface area contributed by atoms with Crippen molar-refractivity contribution in [1.82, 2.24) is 5.32 Å². The second-order valence-corrected chi connectivity index (χ2v) is 14.4. The summed E-state index contributed by atoms with van der Waals surface area (Å²) in [5.41, 5.74) is 0.217. The standard InChI is InChI=1S/C33H34NO4P.BF4/c1-33(2,3)38-31(35)24-30(34-32(36)37-25-26-16-8-4-9-17-26)39(27-18-10-5-11-19-27,28-20-12-6-13-21-28)29-22-14-7-15-23-29;2-1(3,4)5/h4-23,30H,24-25H2,1-3H3;/q;-1/p+1/t30-;/m0./s1. The lowest BCUT2D eigenvalue weighted by Gasteiger charge is -2.35. The fourth-order valence-corrected chi connectivity index (χ4v) is 9.33. The summed E-state index contributed by atoms with van der Waals surface area (Å²) in [6.45, 7) is 5.65. The molecule has 0 radical (unpaired) electrons. The molecule has 1 atom stereocenters. The minimum absolute atomic E-state index is 0.0236. The first kappa shape index (κ1) is 34.3. The molecule has 0 saturated carbocycles. The first-order chi connectivity index (χ1) is 20.8. The van der Waals surface area contributed by atoms with Crippen molar-refractivity contribution in [3.8, 4) is 0 Å². The largest absolute Gasteiger partial charge is 0.673 e. The molecule has 0 aliphatic heterocycles. The van der Waals surface area contributed by atoms with E-state index in [1.807, 2.05) is 106 Å². The van der Waals surface area contributed by atoms with E-state index in [1.165, 1.54) is 0 Å². The lowest BCUT2D eigenvalue weighted by Crippen LogP contribution is -2.49. The highest BCUT2D eigenvalue weighted by molar-refractivity contribution is 7.96. The number of esters is 1. The second-order valence-electron chi connectivity index (χ2n) is 10.7. The van der Waals surface area contributed by atoms with E-state index in [9.17, 15) is 26.9 Å². The number of benzene rings is 4. The van der Waals surface area contributed by atoms with E-state index >= 15 is 0 Å². The van der Waals surface area contributed by atoms with Gasteiger partial charge in [-0.2, -0.15) is 0 Å². The number of hydrogen-bond acceptors (Lipinski definition) is 4. The van der Waals surface area contributed by atoms with Crippen molar-refractivity contribution in [1.29, 1.82) is 0 Å². The molecule has 1 amide bonds. The number of carbonyl (C=O) groups is 2.